The Balaban J connectivity index is 0.985. The van der Waals surface area contributed by atoms with Crippen molar-refractivity contribution < 1.29 is 28.2 Å². The molecule has 4 aromatic rings. The molecule has 6 rings (SSSR count). The number of hydrogen-bond donors (Lipinski definition) is 3. The molecule has 1 amide bonds. The molecule has 44 heavy (non-hydrogen) atoms. The molecule has 9 nitrogen and oxygen atoms in total. The largest absolute Gasteiger partial charge is 0.493 e. The summed E-state index contributed by atoms with van der Waals surface area (Å²) >= 11 is 0. The van der Waals surface area contributed by atoms with Gasteiger partial charge in [-0.05, 0) is 88.0 Å². The van der Waals surface area contributed by atoms with Gasteiger partial charge < -0.3 is 25.0 Å². The fourth-order valence-corrected chi connectivity index (χ4v) is 6.25. The van der Waals surface area contributed by atoms with Gasteiger partial charge in [-0.15, -0.1) is 0 Å². The van der Waals surface area contributed by atoms with Gasteiger partial charge in [0, 0.05) is 54.2 Å². The second-order valence-corrected chi connectivity index (χ2v) is 11.7. The van der Waals surface area contributed by atoms with Crippen LogP contribution in [-0.2, 0) is 0 Å². The molecule has 2 saturated heterocycles. The Morgan fingerprint density at radius 2 is 1.80 bits per heavy atom. The minimum atomic E-state index is -1.28. The fourth-order valence-electron chi connectivity index (χ4n) is 6.25. The van der Waals surface area contributed by atoms with Gasteiger partial charge in [0.25, 0.3) is 5.91 Å². The van der Waals surface area contributed by atoms with Crippen molar-refractivity contribution in [2.24, 2.45) is 5.92 Å². The standard InChI is InChI=1S/C33H35F2N5O4/c1-39-11-2-3-30(39)29-15-21-19-36-31(18-28(21)37-29)38-32(41)24-7-5-23(17-27(24)35)44-14-10-20-8-12-40(13-9-20)22-4-6-25(33(42)43)26(34)16-22/h4-7,15-20,30,37H,2-3,8-14H2,1H3,(H,42,43)(H,36,38,41)/t30-/m1/s1. The average Bonchev–Trinajstić information content (AvgIpc) is 3.62. The van der Waals surface area contributed by atoms with E-state index in [0.29, 0.717) is 35.8 Å². The fraction of sp³-hybridized carbons (Fsp3) is 0.364. The summed E-state index contributed by atoms with van der Waals surface area (Å²) in [4.78, 5) is 36.1. The number of nitrogens with zero attached hydrogens (tertiary/aromatic N) is 3. The second-order valence-electron chi connectivity index (χ2n) is 11.7. The van der Waals surface area contributed by atoms with Crippen LogP contribution in [0.15, 0.2) is 54.7 Å². The molecule has 4 heterocycles. The Morgan fingerprint density at radius 3 is 2.50 bits per heavy atom. The summed E-state index contributed by atoms with van der Waals surface area (Å²) in [7, 11) is 2.11. The molecular weight excluding hydrogens is 568 g/mol. The number of likely N-dealkylation sites (tertiary alicyclic amines) is 1. The number of hydrogen-bond acceptors (Lipinski definition) is 6. The number of rotatable bonds is 9. The van der Waals surface area contributed by atoms with Crippen LogP contribution in [0.25, 0.3) is 10.9 Å². The minimum Gasteiger partial charge on any atom is -0.493 e. The Labute approximate surface area is 253 Å². The number of piperidine rings is 1. The molecule has 0 saturated carbocycles. The predicted octanol–water partition coefficient (Wildman–Crippen LogP) is 6.24. The van der Waals surface area contributed by atoms with Crippen LogP contribution < -0.4 is 15.0 Å². The number of ether oxygens (including phenoxy) is 1. The molecule has 0 unspecified atom stereocenters. The van der Waals surface area contributed by atoms with Crippen molar-refractivity contribution in [3.8, 4) is 5.75 Å². The first kappa shape index (κ1) is 29.6. The van der Waals surface area contributed by atoms with Crippen LogP contribution in [0.3, 0.4) is 0 Å². The van der Waals surface area contributed by atoms with Crippen molar-refractivity contribution in [1.29, 1.82) is 0 Å². The highest BCUT2D eigenvalue weighted by atomic mass is 19.1. The van der Waals surface area contributed by atoms with Crippen molar-refractivity contribution >= 4 is 34.3 Å². The number of carboxylic acid groups (broad SMARTS) is 1. The molecule has 2 fully saturated rings. The molecule has 0 radical (unpaired) electrons. The van der Waals surface area contributed by atoms with E-state index in [2.05, 4.69) is 33.3 Å². The zero-order valence-electron chi connectivity index (χ0n) is 24.5. The lowest BCUT2D eigenvalue weighted by molar-refractivity contribution is 0.0691. The SMILES string of the molecule is CN1CCC[C@@H]1c1cc2cnc(NC(=O)c3ccc(OCCC4CCN(c5ccc(C(=O)O)c(F)c5)CC4)cc3F)cc2[nH]1. The van der Waals surface area contributed by atoms with Crippen molar-refractivity contribution in [3.05, 3.63) is 83.2 Å². The number of carbonyl (C=O) groups is 2. The van der Waals surface area contributed by atoms with E-state index >= 15 is 0 Å². The molecule has 230 valence electrons. The van der Waals surface area contributed by atoms with Gasteiger partial charge in [-0.1, -0.05) is 0 Å². The molecule has 2 aromatic heterocycles. The van der Waals surface area contributed by atoms with Crippen LogP contribution in [0.4, 0.5) is 20.3 Å². The zero-order chi connectivity index (χ0) is 30.8. The third-order valence-corrected chi connectivity index (χ3v) is 8.79. The number of carboxylic acids is 1. The number of fused-ring (bicyclic) bond motifs is 1. The lowest BCUT2D eigenvalue weighted by Gasteiger charge is -2.33. The zero-order valence-corrected chi connectivity index (χ0v) is 24.5. The average molecular weight is 604 g/mol. The second kappa shape index (κ2) is 12.6. The van der Waals surface area contributed by atoms with Crippen molar-refractivity contribution in [2.75, 3.05) is 43.5 Å². The first-order valence-corrected chi connectivity index (χ1v) is 15.0. The number of aromatic nitrogens is 2. The van der Waals surface area contributed by atoms with Gasteiger partial charge in [0.1, 0.15) is 23.2 Å². The molecule has 0 aliphatic carbocycles. The van der Waals surface area contributed by atoms with Gasteiger partial charge >= 0.3 is 5.97 Å². The van der Waals surface area contributed by atoms with Crippen molar-refractivity contribution in [3.63, 3.8) is 0 Å². The van der Waals surface area contributed by atoms with E-state index in [1.807, 2.05) is 4.90 Å². The maximum Gasteiger partial charge on any atom is 0.338 e. The lowest BCUT2D eigenvalue weighted by Crippen LogP contribution is -2.34. The minimum absolute atomic E-state index is 0.0980. The first-order valence-electron chi connectivity index (χ1n) is 15.0. The van der Waals surface area contributed by atoms with Crippen LogP contribution in [0.1, 0.15) is 64.6 Å². The number of aromatic carboxylic acids is 1. The summed E-state index contributed by atoms with van der Waals surface area (Å²) in [5.41, 5.74) is 2.23. The molecular formula is C33H35F2N5O4. The molecule has 2 aliphatic heterocycles. The maximum atomic E-state index is 14.9. The van der Waals surface area contributed by atoms with Gasteiger partial charge in [0.05, 0.1) is 23.3 Å². The van der Waals surface area contributed by atoms with Gasteiger partial charge in [-0.3, -0.25) is 9.69 Å². The summed E-state index contributed by atoms with van der Waals surface area (Å²) < 4.78 is 34.8. The van der Waals surface area contributed by atoms with Gasteiger partial charge in [0.2, 0.25) is 0 Å². The highest BCUT2D eigenvalue weighted by Gasteiger charge is 2.25. The van der Waals surface area contributed by atoms with Crippen molar-refractivity contribution in [2.45, 2.75) is 38.1 Å². The summed E-state index contributed by atoms with van der Waals surface area (Å²) in [6.07, 6.45) is 6.48. The quantitative estimate of drug-likeness (QED) is 0.208. The lowest BCUT2D eigenvalue weighted by atomic mass is 9.93. The van der Waals surface area contributed by atoms with Gasteiger partial charge in [-0.25, -0.2) is 18.6 Å². The van der Waals surface area contributed by atoms with Crippen molar-refractivity contribution in [1.82, 2.24) is 14.9 Å². The van der Waals surface area contributed by atoms with Crippen LogP contribution >= 0.6 is 0 Å². The third kappa shape index (κ3) is 6.37. The molecule has 0 spiro atoms. The maximum absolute atomic E-state index is 14.9. The van der Waals surface area contributed by atoms with E-state index in [9.17, 15) is 18.4 Å². The number of aromatic amines is 1. The molecule has 2 aromatic carbocycles. The van der Waals surface area contributed by atoms with Gasteiger partial charge in [-0.2, -0.15) is 0 Å². The molecule has 11 heteroatoms. The Bertz CT molecular complexity index is 1680. The van der Waals surface area contributed by atoms with E-state index in [0.717, 1.165) is 68.3 Å². The van der Waals surface area contributed by atoms with Crippen LogP contribution in [-0.4, -0.2) is 65.1 Å². The van der Waals surface area contributed by atoms with E-state index in [1.54, 1.807) is 24.4 Å². The number of H-pyrrole nitrogens is 1. The summed E-state index contributed by atoms with van der Waals surface area (Å²) in [6.45, 7) is 2.91. The smallest absolute Gasteiger partial charge is 0.338 e. The van der Waals surface area contributed by atoms with E-state index in [1.165, 1.54) is 24.3 Å². The highest BCUT2D eigenvalue weighted by Crippen LogP contribution is 2.32. The third-order valence-electron chi connectivity index (χ3n) is 8.79. The van der Waals surface area contributed by atoms with E-state index < -0.39 is 23.5 Å². The van der Waals surface area contributed by atoms with Crippen LogP contribution in [0.2, 0.25) is 0 Å². The normalized spacial score (nSPS) is 17.7. The number of benzene rings is 2. The highest BCUT2D eigenvalue weighted by molar-refractivity contribution is 6.04. The number of nitrogens with one attached hydrogen (secondary N) is 2. The van der Waals surface area contributed by atoms with Crippen LogP contribution in [0, 0.1) is 17.6 Å². The van der Waals surface area contributed by atoms with E-state index in [-0.39, 0.29) is 11.1 Å². The number of halogens is 2. The molecule has 1 atom stereocenters. The monoisotopic (exact) mass is 603 g/mol. The first-order chi connectivity index (χ1) is 21.2. The molecule has 2 aliphatic rings. The Hall–Kier alpha value is -4.51. The number of amides is 1. The summed E-state index contributed by atoms with van der Waals surface area (Å²) in [6, 6.07) is 12.6. The van der Waals surface area contributed by atoms with Crippen LogP contribution in [0.5, 0.6) is 5.75 Å². The number of pyridine rings is 1. The number of anilines is 2. The summed E-state index contributed by atoms with van der Waals surface area (Å²) in [5, 5.41) is 12.7. The number of carbonyl (C=O) groups excluding carboxylic acids is 1. The predicted molar refractivity (Wildman–Crippen MR) is 163 cm³/mol. The summed E-state index contributed by atoms with van der Waals surface area (Å²) in [5.74, 6) is -2.21. The Morgan fingerprint density at radius 1 is 1.02 bits per heavy atom. The topological polar surface area (TPSA) is 111 Å². The van der Waals surface area contributed by atoms with E-state index in [4.69, 9.17) is 9.84 Å². The molecule has 3 N–H and O–H groups in total. The molecule has 0 bridgehead atoms. The van der Waals surface area contributed by atoms with Gasteiger partial charge in [0.15, 0.2) is 0 Å². The Kier molecular flexibility index (Phi) is 8.47.